The molecule has 0 spiro atoms. The van der Waals surface area contributed by atoms with Crippen LogP contribution in [0.3, 0.4) is 0 Å². The minimum Gasteiger partial charge on any atom is -0.343 e. The molecule has 4 nitrogen and oxygen atoms in total. The molecule has 1 aliphatic carbocycles. The molecule has 0 bridgehead atoms. The van der Waals surface area contributed by atoms with Crippen LogP contribution in [-0.2, 0) is 6.42 Å². The summed E-state index contributed by atoms with van der Waals surface area (Å²) < 4.78 is 4.71. The SMILES string of the molecule is CC1CCCC(C)C1NCCc1ncon1. The van der Waals surface area contributed by atoms with E-state index in [1.54, 1.807) is 0 Å². The van der Waals surface area contributed by atoms with E-state index in [2.05, 4.69) is 29.3 Å². The van der Waals surface area contributed by atoms with Crippen molar-refractivity contribution in [2.45, 2.75) is 45.6 Å². The topological polar surface area (TPSA) is 51.0 Å². The summed E-state index contributed by atoms with van der Waals surface area (Å²) in [5.41, 5.74) is 0. The van der Waals surface area contributed by atoms with E-state index in [0.717, 1.165) is 30.6 Å². The highest BCUT2D eigenvalue weighted by Crippen LogP contribution is 2.28. The van der Waals surface area contributed by atoms with Gasteiger partial charge in [-0.2, -0.15) is 4.98 Å². The maximum absolute atomic E-state index is 4.71. The molecule has 1 aliphatic rings. The molecule has 0 amide bonds. The van der Waals surface area contributed by atoms with Crippen LogP contribution in [0.2, 0.25) is 0 Å². The minimum absolute atomic E-state index is 0.653. The first-order valence-electron chi connectivity index (χ1n) is 6.26. The maximum atomic E-state index is 4.71. The van der Waals surface area contributed by atoms with E-state index in [4.69, 9.17) is 4.52 Å². The molecule has 2 unspecified atom stereocenters. The maximum Gasteiger partial charge on any atom is 0.213 e. The van der Waals surface area contributed by atoms with Crippen LogP contribution < -0.4 is 5.32 Å². The standard InChI is InChI=1S/C12H21N3O/c1-9-4-3-5-10(2)12(9)13-7-6-11-14-8-16-15-11/h8-10,12-13H,3-7H2,1-2H3. The minimum atomic E-state index is 0.653. The van der Waals surface area contributed by atoms with Crippen molar-refractivity contribution in [3.05, 3.63) is 12.2 Å². The van der Waals surface area contributed by atoms with Crippen LogP contribution in [0.1, 0.15) is 38.9 Å². The van der Waals surface area contributed by atoms with Gasteiger partial charge in [0.05, 0.1) is 0 Å². The fourth-order valence-corrected chi connectivity index (χ4v) is 2.74. The Kier molecular flexibility index (Phi) is 3.93. The van der Waals surface area contributed by atoms with E-state index in [1.165, 1.54) is 25.7 Å². The zero-order chi connectivity index (χ0) is 11.4. The van der Waals surface area contributed by atoms with Gasteiger partial charge in [-0.3, -0.25) is 0 Å². The van der Waals surface area contributed by atoms with Crippen molar-refractivity contribution in [1.82, 2.24) is 15.5 Å². The fourth-order valence-electron chi connectivity index (χ4n) is 2.74. The summed E-state index contributed by atoms with van der Waals surface area (Å²) in [7, 11) is 0. The highest BCUT2D eigenvalue weighted by molar-refractivity contribution is 4.85. The van der Waals surface area contributed by atoms with E-state index in [0.29, 0.717) is 6.04 Å². The lowest BCUT2D eigenvalue weighted by molar-refractivity contribution is 0.210. The summed E-state index contributed by atoms with van der Waals surface area (Å²) in [4.78, 5) is 4.02. The monoisotopic (exact) mass is 223 g/mol. The van der Waals surface area contributed by atoms with Gasteiger partial charge in [0.15, 0.2) is 5.82 Å². The Labute approximate surface area is 96.8 Å². The predicted octanol–water partition coefficient (Wildman–Crippen LogP) is 2.03. The fraction of sp³-hybridized carbons (Fsp3) is 0.833. The average molecular weight is 223 g/mol. The smallest absolute Gasteiger partial charge is 0.213 e. The van der Waals surface area contributed by atoms with Crippen molar-refractivity contribution in [2.24, 2.45) is 11.8 Å². The molecule has 0 radical (unpaired) electrons. The van der Waals surface area contributed by atoms with Crippen LogP contribution >= 0.6 is 0 Å². The Morgan fingerprint density at radius 3 is 2.75 bits per heavy atom. The zero-order valence-electron chi connectivity index (χ0n) is 10.1. The van der Waals surface area contributed by atoms with Crippen LogP contribution in [0.5, 0.6) is 0 Å². The number of nitrogens with zero attached hydrogens (tertiary/aromatic N) is 2. The van der Waals surface area contributed by atoms with Gasteiger partial charge in [0, 0.05) is 19.0 Å². The molecule has 1 N–H and O–H groups in total. The Morgan fingerprint density at radius 2 is 2.12 bits per heavy atom. The molecule has 1 fully saturated rings. The number of hydrogen-bond acceptors (Lipinski definition) is 4. The Bertz CT molecular complexity index is 289. The van der Waals surface area contributed by atoms with E-state index in [9.17, 15) is 0 Å². The third-order valence-electron chi connectivity index (χ3n) is 3.68. The molecule has 4 heteroatoms. The Morgan fingerprint density at radius 1 is 1.38 bits per heavy atom. The molecular weight excluding hydrogens is 202 g/mol. The van der Waals surface area contributed by atoms with Gasteiger partial charge in [0.2, 0.25) is 6.39 Å². The van der Waals surface area contributed by atoms with Gasteiger partial charge >= 0.3 is 0 Å². The molecular formula is C12H21N3O. The van der Waals surface area contributed by atoms with Crippen LogP contribution in [-0.4, -0.2) is 22.7 Å². The first-order valence-corrected chi connectivity index (χ1v) is 6.26. The van der Waals surface area contributed by atoms with Crippen molar-refractivity contribution < 1.29 is 4.52 Å². The normalized spacial score (nSPS) is 30.5. The third kappa shape index (κ3) is 2.82. The number of aromatic nitrogens is 2. The molecule has 2 rings (SSSR count). The lowest BCUT2D eigenvalue weighted by atomic mass is 9.79. The molecule has 1 aromatic heterocycles. The van der Waals surface area contributed by atoms with E-state index >= 15 is 0 Å². The summed E-state index contributed by atoms with van der Waals surface area (Å²) in [6.07, 6.45) is 6.33. The summed E-state index contributed by atoms with van der Waals surface area (Å²) in [5.74, 6) is 2.37. The van der Waals surface area contributed by atoms with Crippen LogP contribution in [0.25, 0.3) is 0 Å². The molecule has 90 valence electrons. The molecule has 1 heterocycles. The van der Waals surface area contributed by atoms with Gasteiger partial charge < -0.3 is 9.84 Å². The summed E-state index contributed by atoms with van der Waals surface area (Å²) in [5, 5.41) is 7.45. The predicted molar refractivity (Wildman–Crippen MR) is 62.0 cm³/mol. The second-order valence-electron chi connectivity index (χ2n) is 4.96. The second kappa shape index (κ2) is 5.43. The third-order valence-corrected chi connectivity index (χ3v) is 3.68. The molecule has 0 aliphatic heterocycles. The molecule has 1 aromatic rings. The van der Waals surface area contributed by atoms with Gasteiger partial charge in [-0.25, -0.2) is 0 Å². The number of nitrogens with one attached hydrogen (secondary N) is 1. The number of hydrogen-bond donors (Lipinski definition) is 1. The summed E-state index contributed by atoms with van der Waals surface area (Å²) >= 11 is 0. The van der Waals surface area contributed by atoms with E-state index in [1.807, 2.05) is 0 Å². The van der Waals surface area contributed by atoms with Gasteiger partial charge in [0.25, 0.3) is 0 Å². The lowest BCUT2D eigenvalue weighted by Gasteiger charge is -2.35. The summed E-state index contributed by atoms with van der Waals surface area (Å²) in [6, 6.07) is 0.653. The van der Waals surface area contributed by atoms with Gasteiger partial charge in [-0.05, 0) is 24.7 Å². The van der Waals surface area contributed by atoms with Gasteiger partial charge in [-0.15, -0.1) is 0 Å². The Hall–Kier alpha value is -0.900. The summed E-state index contributed by atoms with van der Waals surface area (Å²) in [6.45, 7) is 5.64. The van der Waals surface area contributed by atoms with Crippen molar-refractivity contribution >= 4 is 0 Å². The zero-order valence-corrected chi connectivity index (χ0v) is 10.1. The molecule has 0 aromatic carbocycles. The van der Waals surface area contributed by atoms with Crippen molar-refractivity contribution in [2.75, 3.05) is 6.54 Å². The van der Waals surface area contributed by atoms with E-state index in [-0.39, 0.29) is 0 Å². The molecule has 16 heavy (non-hydrogen) atoms. The Balaban J connectivity index is 1.75. The van der Waals surface area contributed by atoms with Crippen molar-refractivity contribution in [3.63, 3.8) is 0 Å². The number of rotatable bonds is 4. The largest absolute Gasteiger partial charge is 0.343 e. The first-order chi connectivity index (χ1) is 7.77. The highest BCUT2D eigenvalue weighted by Gasteiger charge is 2.26. The van der Waals surface area contributed by atoms with E-state index < -0.39 is 0 Å². The quantitative estimate of drug-likeness (QED) is 0.848. The first kappa shape index (κ1) is 11.6. The van der Waals surface area contributed by atoms with Crippen LogP contribution in [0, 0.1) is 11.8 Å². The highest BCUT2D eigenvalue weighted by atomic mass is 16.5. The van der Waals surface area contributed by atoms with Gasteiger partial charge in [0.1, 0.15) is 0 Å². The lowest BCUT2D eigenvalue weighted by Crippen LogP contribution is -2.43. The van der Waals surface area contributed by atoms with Crippen LogP contribution in [0.4, 0.5) is 0 Å². The van der Waals surface area contributed by atoms with Gasteiger partial charge in [-0.1, -0.05) is 25.4 Å². The molecule has 1 saturated carbocycles. The molecule has 0 saturated heterocycles. The average Bonchev–Trinajstić information content (AvgIpc) is 2.75. The van der Waals surface area contributed by atoms with Crippen molar-refractivity contribution in [1.29, 1.82) is 0 Å². The molecule has 2 atom stereocenters. The van der Waals surface area contributed by atoms with Crippen molar-refractivity contribution in [3.8, 4) is 0 Å². The van der Waals surface area contributed by atoms with Crippen LogP contribution in [0.15, 0.2) is 10.9 Å². The second-order valence-corrected chi connectivity index (χ2v) is 4.96.